The number of aliphatic hydroxyl groups excluding tert-OH is 1. The summed E-state index contributed by atoms with van der Waals surface area (Å²) in [5.41, 5.74) is 0. The maximum Gasteiger partial charge on any atom is 0.240 e. The minimum absolute atomic E-state index is 0.0451. The van der Waals surface area contributed by atoms with Crippen LogP contribution in [0.5, 0.6) is 0 Å². The second kappa shape index (κ2) is 6.35. The van der Waals surface area contributed by atoms with Gasteiger partial charge in [-0.15, -0.1) is 0 Å². The summed E-state index contributed by atoms with van der Waals surface area (Å²) in [6.45, 7) is 1.82. The Morgan fingerprint density at radius 3 is 2.71 bits per heavy atom. The summed E-state index contributed by atoms with van der Waals surface area (Å²) in [4.78, 5) is 0.140. The predicted molar refractivity (Wildman–Crippen MR) is 67.6 cm³/mol. The zero-order valence-electron chi connectivity index (χ0n) is 9.56. The Balaban J connectivity index is 2.88. The van der Waals surface area contributed by atoms with Crippen LogP contribution in [-0.4, -0.2) is 26.2 Å². The summed E-state index contributed by atoms with van der Waals surface area (Å²) < 4.78 is 26.5. The molecule has 1 aromatic rings. The van der Waals surface area contributed by atoms with Gasteiger partial charge in [0.05, 0.1) is 4.90 Å². The molecule has 0 spiro atoms. The SMILES string of the molecule is CCC(CCO)NS(=O)(=O)c1cccc(Cl)c1. The van der Waals surface area contributed by atoms with Gasteiger partial charge in [0.1, 0.15) is 0 Å². The Morgan fingerprint density at radius 2 is 2.18 bits per heavy atom. The first-order chi connectivity index (χ1) is 7.99. The number of hydrogen-bond donors (Lipinski definition) is 2. The molecule has 0 bridgehead atoms. The van der Waals surface area contributed by atoms with Crippen LogP contribution >= 0.6 is 11.6 Å². The third-order valence-corrected chi connectivity index (χ3v) is 4.15. The molecule has 0 aliphatic heterocycles. The molecule has 0 heterocycles. The molecule has 0 aliphatic rings. The van der Waals surface area contributed by atoms with Gasteiger partial charge in [-0.1, -0.05) is 24.6 Å². The zero-order chi connectivity index (χ0) is 12.9. The fourth-order valence-corrected chi connectivity index (χ4v) is 3.08. The molecule has 96 valence electrons. The number of hydrogen-bond acceptors (Lipinski definition) is 3. The maximum atomic E-state index is 12.0. The lowest BCUT2D eigenvalue weighted by Gasteiger charge is -2.15. The van der Waals surface area contributed by atoms with Crippen molar-refractivity contribution in [2.24, 2.45) is 0 Å². The molecule has 0 saturated heterocycles. The van der Waals surface area contributed by atoms with Crippen molar-refractivity contribution in [3.63, 3.8) is 0 Å². The zero-order valence-corrected chi connectivity index (χ0v) is 11.1. The molecule has 0 aliphatic carbocycles. The van der Waals surface area contributed by atoms with Gasteiger partial charge in [-0.25, -0.2) is 13.1 Å². The Labute approximate surface area is 107 Å². The first kappa shape index (κ1) is 14.4. The van der Waals surface area contributed by atoms with Gasteiger partial charge < -0.3 is 5.11 Å². The molecule has 0 saturated carbocycles. The molecule has 2 N–H and O–H groups in total. The normalized spacial score (nSPS) is 13.6. The van der Waals surface area contributed by atoms with E-state index in [0.717, 1.165) is 0 Å². The number of halogens is 1. The van der Waals surface area contributed by atoms with Gasteiger partial charge >= 0.3 is 0 Å². The van der Waals surface area contributed by atoms with Crippen molar-refractivity contribution >= 4 is 21.6 Å². The molecule has 0 amide bonds. The number of benzene rings is 1. The fraction of sp³-hybridized carbons (Fsp3) is 0.455. The van der Waals surface area contributed by atoms with Gasteiger partial charge in [0.25, 0.3) is 0 Å². The van der Waals surface area contributed by atoms with E-state index in [9.17, 15) is 8.42 Å². The monoisotopic (exact) mass is 277 g/mol. The average Bonchev–Trinajstić information content (AvgIpc) is 2.28. The van der Waals surface area contributed by atoms with E-state index in [4.69, 9.17) is 16.7 Å². The van der Waals surface area contributed by atoms with Crippen molar-refractivity contribution < 1.29 is 13.5 Å². The van der Waals surface area contributed by atoms with E-state index in [2.05, 4.69) is 4.72 Å². The topological polar surface area (TPSA) is 66.4 Å². The lowest BCUT2D eigenvalue weighted by molar-refractivity contribution is 0.270. The highest BCUT2D eigenvalue weighted by Gasteiger charge is 2.18. The van der Waals surface area contributed by atoms with Crippen LogP contribution < -0.4 is 4.72 Å². The predicted octanol–water partition coefficient (Wildman–Crippen LogP) is 1.78. The summed E-state index contributed by atoms with van der Waals surface area (Å²) in [5.74, 6) is 0. The van der Waals surface area contributed by atoms with Gasteiger partial charge in [0, 0.05) is 17.7 Å². The van der Waals surface area contributed by atoms with Crippen LogP contribution in [0.25, 0.3) is 0 Å². The van der Waals surface area contributed by atoms with Crippen LogP contribution in [0.3, 0.4) is 0 Å². The Bertz CT molecular complexity index is 462. The van der Waals surface area contributed by atoms with Gasteiger partial charge in [0.15, 0.2) is 0 Å². The Morgan fingerprint density at radius 1 is 1.47 bits per heavy atom. The summed E-state index contributed by atoms with van der Waals surface area (Å²) in [6.07, 6.45) is 1.02. The summed E-state index contributed by atoms with van der Waals surface area (Å²) in [6, 6.07) is 5.83. The minimum atomic E-state index is -3.56. The smallest absolute Gasteiger partial charge is 0.240 e. The van der Waals surface area contributed by atoms with Crippen molar-refractivity contribution in [2.45, 2.75) is 30.7 Å². The highest BCUT2D eigenvalue weighted by molar-refractivity contribution is 7.89. The van der Waals surface area contributed by atoms with Gasteiger partial charge in [-0.3, -0.25) is 0 Å². The molecule has 1 atom stereocenters. The van der Waals surface area contributed by atoms with Crippen LogP contribution in [0.4, 0.5) is 0 Å². The molecule has 1 rings (SSSR count). The number of rotatable bonds is 6. The standard InChI is InChI=1S/C11H16ClNO3S/c1-2-10(6-7-14)13-17(15,16)11-5-3-4-9(12)8-11/h3-5,8,10,13-14H,2,6-7H2,1H3. The molecular weight excluding hydrogens is 262 g/mol. The first-order valence-electron chi connectivity index (χ1n) is 5.38. The Hall–Kier alpha value is -0.620. The third-order valence-electron chi connectivity index (χ3n) is 2.40. The van der Waals surface area contributed by atoms with Crippen molar-refractivity contribution in [2.75, 3.05) is 6.61 Å². The van der Waals surface area contributed by atoms with Crippen LogP contribution in [0, 0.1) is 0 Å². The van der Waals surface area contributed by atoms with E-state index in [1.807, 2.05) is 6.92 Å². The Kier molecular flexibility index (Phi) is 5.39. The first-order valence-corrected chi connectivity index (χ1v) is 7.24. The van der Waals surface area contributed by atoms with E-state index < -0.39 is 10.0 Å². The number of sulfonamides is 1. The number of aliphatic hydroxyl groups is 1. The molecule has 0 radical (unpaired) electrons. The quantitative estimate of drug-likeness (QED) is 0.833. The van der Waals surface area contributed by atoms with Crippen molar-refractivity contribution in [1.29, 1.82) is 0 Å². The van der Waals surface area contributed by atoms with Gasteiger partial charge in [0.2, 0.25) is 10.0 Å². The molecular formula is C11H16ClNO3S. The minimum Gasteiger partial charge on any atom is -0.396 e. The summed E-state index contributed by atoms with van der Waals surface area (Å²) >= 11 is 5.75. The van der Waals surface area contributed by atoms with E-state index >= 15 is 0 Å². The van der Waals surface area contributed by atoms with Crippen LogP contribution in [-0.2, 0) is 10.0 Å². The van der Waals surface area contributed by atoms with Crippen LogP contribution in [0.2, 0.25) is 5.02 Å². The van der Waals surface area contributed by atoms with Gasteiger partial charge in [-0.05, 0) is 31.0 Å². The summed E-state index contributed by atoms with van der Waals surface area (Å²) in [7, 11) is -3.56. The molecule has 4 nitrogen and oxygen atoms in total. The van der Waals surface area contributed by atoms with Crippen molar-refractivity contribution in [1.82, 2.24) is 4.72 Å². The second-order valence-electron chi connectivity index (χ2n) is 3.70. The van der Waals surface area contributed by atoms with Crippen LogP contribution in [0.1, 0.15) is 19.8 Å². The largest absolute Gasteiger partial charge is 0.396 e. The second-order valence-corrected chi connectivity index (χ2v) is 5.85. The van der Waals surface area contributed by atoms with Gasteiger partial charge in [-0.2, -0.15) is 0 Å². The average molecular weight is 278 g/mol. The molecule has 1 aromatic carbocycles. The van der Waals surface area contributed by atoms with E-state index in [0.29, 0.717) is 17.9 Å². The lowest BCUT2D eigenvalue weighted by Crippen LogP contribution is -2.35. The van der Waals surface area contributed by atoms with E-state index in [-0.39, 0.29) is 17.5 Å². The van der Waals surface area contributed by atoms with Crippen LogP contribution in [0.15, 0.2) is 29.2 Å². The molecule has 6 heteroatoms. The van der Waals surface area contributed by atoms with E-state index in [1.165, 1.54) is 12.1 Å². The fourth-order valence-electron chi connectivity index (χ4n) is 1.42. The van der Waals surface area contributed by atoms with Crippen molar-refractivity contribution in [3.05, 3.63) is 29.3 Å². The van der Waals surface area contributed by atoms with E-state index in [1.54, 1.807) is 12.1 Å². The molecule has 17 heavy (non-hydrogen) atoms. The molecule has 1 unspecified atom stereocenters. The molecule has 0 fully saturated rings. The lowest BCUT2D eigenvalue weighted by atomic mass is 10.2. The third kappa shape index (κ3) is 4.27. The summed E-state index contributed by atoms with van der Waals surface area (Å²) in [5, 5.41) is 9.20. The highest BCUT2D eigenvalue weighted by Crippen LogP contribution is 2.16. The van der Waals surface area contributed by atoms with Crippen molar-refractivity contribution in [3.8, 4) is 0 Å². The maximum absolute atomic E-state index is 12.0. The molecule has 0 aromatic heterocycles. The number of nitrogens with one attached hydrogen (secondary N) is 1. The highest BCUT2D eigenvalue weighted by atomic mass is 35.5.